The van der Waals surface area contributed by atoms with Crippen molar-refractivity contribution >= 4 is 21.8 Å². The smallest absolute Gasteiger partial charge is 0.309 e. The molecule has 8 aromatic carbocycles. The van der Waals surface area contributed by atoms with Gasteiger partial charge in [0.25, 0.3) is 0 Å². The lowest BCUT2D eigenvalue weighted by Gasteiger charge is -2.19. The number of hydrogen-bond acceptors (Lipinski definition) is 3. The molecule has 0 saturated carbocycles. The molecule has 2 heterocycles. The van der Waals surface area contributed by atoms with Crippen LogP contribution >= 0.6 is 0 Å². The molecule has 0 amide bonds. The van der Waals surface area contributed by atoms with Crippen LogP contribution in [0.1, 0.15) is 11.1 Å². The summed E-state index contributed by atoms with van der Waals surface area (Å²) in [4.78, 5) is 14.4. The summed E-state index contributed by atoms with van der Waals surface area (Å²) in [6.45, 7) is 0. The number of rotatable bonds is 7. The fourth-order valence-corrected chi connectivity index (χ4v) is 8.05. The predicted octanol–water partition coefficient (Wildman–Crippen LogP) is 15.0. The summed E-state index contributed by atoms with van der Waals surface area (Å²) < 4.78 is 89.2. The standard InChI is InChI=1S/C53H32F6N4/c54-52(55,56)41-27-40(28-42(32-41)53(57,58)59)43-31-39(51-61-49(35-17-9-3-10-18-35)60-50(62-51)36-19-11-4-12-20-36)23-26-46(43)63-47-24-21-37(33-13-5-1-6-14-33)29-44(47)45-30-38(22-25-48(45)63)34-15-7-2-8-16-34/h1-32H. The Labute approximate surface area is 357 Å². The molecule has 0 saturated heterocycles. The van der Waals surface area contributed by atoms with Gasteiger partial charge in [0.2, 0.25) is 0 Å². The van der Waals surface area contributed by atoms with E-state index in [-0.39, 0.29) is 23.0 Å². The lowest BCUT2D eigenvalue weighted by Crippen LogP contribution is -2.11. The second-order valence-corrected chi connectivity index (χ2v) is 15.1. The molecule has 4 nitrogen and oxygen atoms in total. The van der Waals surface area contributed by atoms with Crippen LogP contribution < -0.4 is 0 Å². The van der Waals surface area contributed by atoms with Gasteiger partial charge in [0.1, 0.15) is 0 Å². The first-order chi connectivity index (χ1) is 30.5. The summed E-state index contributed by atoms with van der Waals surface area (Å²) in [5.74, 6) is 0.865. The Balaban J connectivity index is 1.27. The Hall–Kier alpha value is -7.85. The van der Waals surface area contributed by atoms with Gasteiger partial charge in [-0.25, -0.2) is 15.0 Å². The van der Waals surface area contributed by atoms with Gasteiger partial charge in [0.05, 0.1) is 27.8 Å². The Kier molecular flexibility index (Phi) is 9.71. The molecular formula is C53H32F6N4. The number of alkyl halides is 6. The average Bonchev–Trinajstić information content (AvgIpc) is 3.64. The van der Waals surface area contributed by atoms with E-state index in [1.807, 2.05) is 150 Å². The first kappa shape index (κ1) is 39.3. The molecule has 0 atom stereocenters. The Morgan fingerprint density at radius 3 is 1.11 bits per heavy atom. The summed E-state index contributed by atoms with van der Waals surface area (Å²) in [6, 6.07) is 56.8. The van der Waals surface area contributed by atoms with Crippen molar-refractivity contribution < 1.29 is 26.3 Å². The molecule has 0 N–H and O–H groups in total. The van der Waals surface area contributed by atoms with Gasteiger partial charge in [-0.15, -0.1) is 0 Å². The van der Waals surface area contributed by atoms with Gasteiger partial charge in [0, 0.05) is 33.0 Å². The lowest BCUT2D eigenvalue weighted by molar-refractivity contribution is -0.143. The monoisotopic (exact) mass is 838 g/mol. The maximum atomic E-state index is 14.6. The van der Waals surface area contributed by atoms with Gasteiger partial charge in [-0.3, -0.25) is 0 Å². The van der Waals surface area contributed by atoms with Gasteiger partial charge in [0.15, 0.2) is 17.5 Å². The van der Waals surface area contributed by atoms with E-state index in [1.54, 1.807) is 18.2 Å². The van der Waals surface area contributed by atoms with Gasteiger partial charge in [-0.05, 0) is 88.5 Å². The molecule has 306 valence electrons. The van der Waals surface area contributed by atoms with Crippen LogP contribution in [0.4, 0.5) is 26.3 Å². The molecule has 0 spiro atoms. The average molecular weight is 839 g/mol. The van der Waals surface area contributed by atoms with Gasteiger partial charge < -0.3 is 4.57 Å². The SMILES string of the molecule is FC(F)(F)c1cc(-c2cc(-c3nc(-c4ccccc4)nc(-c4ccccc4)n3)ccc2-n2c3ccc(-c4ccccc4)cc3c3cc(-c4ccccc4)ccc32)cc(C(F)(F)F)c1. The second-order valence-electron chi connectivity index (χ2n) is 15.1. The van der Waals surface area contributed by atoms with Crippen molar-refractivity contribution in [2.45, 2.75) is 12.4 Å². The zero-order chi connectivity index (χ0) is 43.3. The third-order valence-electron chi connectivity index (χ3n) is 11.1. The third kappa shape index (κ3) is 7.61. The highest BCUT2D eigenvalue weighted by Gasteiger charge is 2.37. The number of hydrogen-bond donors (Lipinski definition) is 0. The van der Waals surface area contributed by atoms with Gasteiger partial charge in [-0.1, -0.05) is 133 Å². The van der Waals surface area contributed by atoms with Gasteiger partial charge >= 0.3 is 12.4 Å². The number of aromatic nitrogens is 4. The number of fused-ring (bicyclic) bond motifs is 3. The maximum Gasteiger partial charge on any atom is 0.416 e. The Morgan fingerprint density at radius 1 is 0.317 bits per heavy atom. The van der Waals surface area contributed by atoms with Crippen LogP contribution in [0.15, 0.2) is 194 Å². The molecule has 0 aliphatic carbocycles. The van der Waals surface area contributed by atoms with Crippen LogP contribution in [0.3, 0.4) is 0 Å². The minimum atomic E-state index is -5.08. The normalized spacial score (nSPS) is 12.0. The van der Waals surface area contributed by atoms with Crippen LogP contribution in [0.5, 0.6) is 0 Å². The molecule has 0 aliphatic heterocycles. The summed E-state index contributed by atoms with van der Waals surface area (Å²) in [5, 5.41) is 1.69. The van der Waals surface area contributed by atoms with Gasteiger partial charge in [-0.2, -0.15) is 26.3 Å². The number of nitrogens with zero attached hydrogens (tertiary/aromatic N) is 4. The van der Waals surface area contributed by atoms with Crippen LogP contribution in [0, 0.1) is 0 Å². The largest absolute Gasteiger partial charge is 0.416 e. The van der Waals surface area contributed by atoms with E-state index in [9.17, 15) is 26.3 Å². The van der Waals surface area contributed by atoms with Crippen LogP contribution in [0.25, 0.3) is 95.0 Å². The molecular weight excluding hydrogens is 807 g/mol. The highest BCUT2D eigenvalue weighted by atomic mass is 19.4. The maximum absolute atomic E-state index is 14.6. The van der Waals surface area contributed by atoms with E-state index in [4.69, 9.17) is 15.0 Å². The van der Waals surface area contributed by atoms with Crippen molar-refractivity contribution in [3.8, 4) is 73.2 Å². The van der Waals surface area contributed by atoms with E-state index in [1.165, 1.54) is 0 Å². The molecule has 10 rings (SSSR count). The zero-order valence-electron chi connectivity index (χ0n) is 33.0. The van der Waals surface area contributed by atoms with E-state index >= 15 is 0 Å². The zero-order valence-corrected chi connectivity index (χ0v) is 33.0. The molecule has 0 radical (unpaired) electrons. The lowest BCUT2D eigenvalue weighted by atomic mass is 9.95. The molecule has 2 aromatic heterocycles. The van der Waals surface area contributed by atoms with Crippen LogP contribution in [-0.4, -0.2) is 19.5 Å². The summed E-state index contributed by atoms with van der Waals surface area (Å²) in [5.41, 5.74) is 4.30. The predicted molar refractivity (Wildman–Crippen MR) is 237 cm³/mol. The van der Waals surface area contributed by atoms with Crippen molar-refractivity contribution in [2.75, 3.05) is 0 Å². The number of benzene rings is 8. The van der Waals surface area contributed by atoms with Crippen molar-refractivity contribution in [1.29, 1.82) is 0 Å². The van der Waals surface area contributed by atoms with Crippen molar-refractivity contribution in [2.24, 2.45) is 0 Å². The van der Waals surface area contributed by atoms with E-state index in [0.717, 1.165) is 45.2 Å². The van der Waals surface area contributed by atoms with Crippen molar-refractivity contribution in [1.82, 2.24) is 19.5 Å². The van der Waals surface area contributed by atoms with Crippen LogP contribution in [0.2, 0.25) is 0 Å². The molecule has 0 unspecified atom stereocenters. The summed E-state index contributed by atoms with van der Waals surface area (Å²) in [6.07, 6.45) is -10.2. The Bertz CT molecular complexity index is 3100. The number of halogens is 6. The molecule has 0 aliphatic rings. The minimum absolute atomic E-state index is 0.102. The molecule has 10 heteroatoms. The third-order valence-corrected chi connectivity index (χ3v) is 11.1. The molecule has 0 fully saturated rings. The summed E-state index contributed by atoms with van der Waals surface area (Å²) in [7, 11) is 0. The minimum Gasteiger partial charge on any atom is -0.309 e. The fraction of sp³-hybridized carbons (Fsp3) is 0.0377. The quantitative estimate of drug-likeness (QED) is 0.150. The van der Waals surface area contributed by atoms with E-state index in [0.29, 0.717) is 45.1 Å². The van der Waals surface area contributed by atoms with Crippen LogP contribution in [-0.2, 0) is 12.4 Å². The van der Waals surface area contributed by atoms with E-state index in [2.05, 4.69) is 12.1 Å². The molecule has 63 heavy (non-hydrogen) atoms. The molecule has 10 aromatic rings. The first-order valence-corrected chi connectivity index (χ1v) is 20.0. The second kappa shape index (κ2) is 15.6. The van der Waals surface area contributed by atoms with E-state index < -0.39 is 23.5 Å². The topological polar surface area (TPSA) is 43.6 Å². The highest BCUT2D eigenvalue weighted by molar-refractivity contribution is 6.12. The highest BCUT2D eigenvalue weighted by Crippen LogP contribution is 2.44. The van der Waals surface area contributed by atoms with Crippen molar-refractivity contribution in [3.63, 3.8) is 0 Å². The Morgan fingerprint density at radius 2 is 0.698 bits per heavy atom. The van der Waals surface area contributed by atoms with Crippen molar-refractivity contribution in [3.05, 3.63) is 205 Å². The fourth-order valence-electron chi connectivity index (χ4n) is 8.05. The summed E-state index contributed by atoms with van der Waals surface area (Å²) >= 11 is 0. The molecule has 0 bridgehead atoms. The first-order valence-electron chi connectivity index (χ1n) is 20.0.